The third kappa shape index (κ3) is 5.30. The van der Waals surface area contributed by atoms with Crippen LogP contribution in [0.3, 0.4) is 0 Å². The van der Waals surface area contributed by atoms with Crippen LogP contribution in [0.4, 0.5) is 0 Å². The highest BCUT2D eigenvalue weighted by Gasteiger charge is 2.05. The second-order valence-electron chi connectivity index (χ2n) is 5.27. The summed E-state index contributed by atoms with van der Waals surface area (Å²) in [6, 6.07) is 14.4. The number of nitrogens with zero attached hydrogens (tertiary/aromatic N) is 1. The molecule has 0 fully saturated rings. The minimum Gasteiger partial charge on any atom is -0.497 e. The minimum absolute atomic E-state index is 0.311. The summed E-state index contributed by atoms with van der Waals surface area (Å²) in [6.07, 6.45) is 0. The van der Waals surface area contributed by atoms with Crippen molar-refractivity contribution in [2.75, 3.05) is 27.3 Å². The van der Waals surface area contributed by atoms with Gasteiger partial charge in [-0.1, -0.05) is 12.1 Å². The maximum absolute atomic E-state index is 11.0. The molecule has 0 radical (unpaired) electrons. The number of methoxy groups -OCH3 is 1. The third-order valence-corrected chi connectivity index (χ3v) is 3.43. The molecule has 0 unspecified atom stereocenters. The predicted octanol–water partition coefficient (Wildman–Crippen LogP) is 2.90. The Bertz CT molecular complexity index is 640. The fourth-order valence-electron chi connectivity index (χ4n) is 2.18. The number of ether oxygens (including phenoxy) is 2. The van der Waals surface area contributed by atoms with E-state index in [0.29, 0.717) is 18.7 Å². The Morgan fingerprint density at radius 1 is 1.13 bits per heavy atom. The first-order valence-electron chi connectivity index (χ1n) is 7.36. The molecular formula is C18H21NO4. The zero-order valence-electron chi connectivity index (χ0n) is 13.4. The van der Waals surface area contributed by atoms with Crippen molar-refractivity contribution in [2.24, 2.45) is 0 Å². The largest absolute Gasteiger partial charge is 0.497 e. The van der Waals surface area contributed by atoms with Gasteiger partial charge in [-0.2, -0.15) is 0 Å². The molecule has 2 aromatic rings. The first kappa shape index (κ1) is 16.8. The lowest BCUT2D eigenvalue weighted by atomic mass is 10.1. The van der Waals surface area contributed by atoms with Gasteiger partial charge in [0.1, 0.15) is 18.1 Å². The summed E-state index contributed by atoms with van der Waals surface area (Å²) < 4.78 is 10.8. The number of likely N-dealkylation sites (N-methyl/N-ethyl adjacent to an activating group) is 1. The fourth-order valence-corrected chi connectivity index (χ4v) is 2.18. The summed E-state index contributed by atoms with van der Waals surface area (Å²) in [4.78, 5) is 13.1. The smallest absolute Gasteiger partial charge is 0.335 e. The Labute approximate surface area is 136 Å². The molecule has 0 spiro atoms. The summed E-state index contributed by atoms with van der Waals surface area (Å²) in [5.74, 6) is 0.692. The van der Waals surface area contributed by atoms with Crippen LogP contribution in [0.2, 0.25) is 0 Å². The van der Waals surface area contributed by atoms with E-state index in [1.54, 1.807) is 25.3 Å². The highest BCUT2D eigenvalue weighted by atomic mass is 16.5. The second-order valence-corrected chi connectivity index (χ2v) is 5.27. The van der Waals surface area contributed by atoms with Crippen molar-refractivity contribution in [3.8, 4) is 11.5 Å². The molecule has 0 aliphatic rings. The zero-order valence-corrected chi connectivity index (χ0v) is 13.4. The van der Waals surface area contributed by atoms with Gasteiger partial charge < -0.3 is 14.6 Å². The number of carboxylic acids is 1. The number of carbonyl (C=O) groups is 1. The molecule has 0 bridgehead atoms. The van der Waals surface area contributed by atoms with Gasteiger partial charge in [-0.05, 0) is 49.0 Å². The second kappa shape index (κ2) is 8.19. The standard InChI is InChI=1S/C18H21NO4/c1-19(13-14-4-3-5-15(12-14)18(20)21)10-11-23-17-8-6-16(22-2)7-9-17/h3-9,12H,10-11,13H2,1-2H3,(H,20,21). The van der Waals surface area contributed by atoms with E-state index in [0.717, 1.165) is 23.6 Å². The van der Waals surface area contributed by atoms with Crippen molar-refractivity contribution < 1.29 is 19.4 Å². The van der Waals surface area contributed by atoms with Gasteiger partial charge in [0.05, 0.1) is 12.7 Å². The van der Waals surface area contributed by atoms with Gasteiger partial charge >= 0.3 is 5.97 Å². The molecule has 0 amide bonds. The molecule has 0 saturated carbocycles. The van der Waals surface area contributed by atoms with Crippen LogP contribution in [-0.4, -0.2) is 43.3 Å². The van der Waals surface area contributed by atoms with Gasteiger partial charge in [0.2, 0.25) is 0 Å². The molecular weight excluding hydrogens is 294 g/mol. The van der Waals surface area contributed by atoms with Crippen LogP contribution < -0.4 is 9.47 Å². The van der Waals surface area contributed by atoms with Gasteiger partial charge in [-0.25, -0.2) is 4.79 Å². The summed E-state index contributed by atoms with van der Waals surface area (Å²) in [6.45, 7) is 1.97. The Kier molecular flexibility index (Phi) is 6.00. The molecule has 1 N–H and O–H groups in total. The number of aromatic carboxylic acids is 1. The van der Waals surface area contributed by atoms with Crippen LogP contribution in [-0.2, 0) is 6.54 Å². The van der Waals surface area contributed by atoms with Crippen molar-refractivity contribution in [3.05, 3.63) is 59.7 Å². The average molecular weight is 315 g/mol. The maximum Gasteiger partial charge on any atom is 0.335 e. The van der Waals surface area contributed by atoms with Gasteiger partial charge in [-0.15, -0.1) is 0 Å². The Balaban J connectivity index is 1.79. The lowest BCUT2D eigenvalue weighted by Gasteiger charge is -2.17. The molecule has 0 aromatic heterocycles. The average Bonchev–Trinajstić information content (AvgIpc) is 2.55. The van der Waals surface area contributed by atoms with E-state index in [9.17, 15) is 4.79 Å². The molecule has 122 valence electrons. The normalized spacial score (nSPS) is 10.6. The van der Waals surface area contributed by atoms with Crippen LogP contribution in [0.25, 0.3) is 0 Å². The molecule has 5 heteroatoms. The predicted molar refractivity (Wildman–Crippen MR) is 88.2 cm³/mol. The SMILES string of the molecule is COc1ccc(OCCN(C)Cc2cccc(C(=O)O)c2)cc1. The first-order valence-corrected chi connectivity index (χ1v) is 7.36. The quantitative estimate of drug-likeness (QED) is 0.811. The molecule has 0 aliphatic heterocycles. The number of carboxylic acid groups (broad SMARTS) is 1. The Morgan fingerprint density at radius 2 is 1.83 bits per heavy atom. The van der Waals surface area contributed by atoms with Crippen molar-refractivity contribution in [2.45, 2.75) is 6.54 Å². The van der Waals surface area contributed by atoms with Crippen LogP contribution in [0.5, 0.6) is 11.5 Å². The van der Waals surface area contributed by atoms with Gasteiger partial charge in [0.15, 0.2) is 0 Å². The van der Waals surface area contributed by atoms with E-state index < -0.39 is 5.97 Å². The third-order valence-electron chi connectivity index (χ3n) is 3.43. The molecule has 2 rings (SSSR count). The number of hydrogen-bond acceptors (Lipinski definition) is 4. The number of rotatable bonds is 8. The highest BCUT2D eigenvalue weighted by Crippen LogP contribution is 2.17. The fraction of sp³-hybridized carbons (Fsp3) is 0.278. The van der Waals surface area contributed by atoms with Gasteiger partial charge in [0.25, 0.3) is 0 Å². The Morgan fingerprint density at radius 3 is 2.48 bits per heavy atom. The molecule has 0 aliphatic carbocycles. The zero-order chi connectivity index (χ0) is 16.7. The first-order chi connectivity index (χ1) is 11.1. The molecule has 0 heterocycles. The van der Waals surface area contributed by atoms with E-state index in [1.807, 2.05) is 37.4 Å². The number of benzene rings is 2. The lowest BCUT2D eigenvalue weighted by Crippen LogP contribution is -2.24. The van der Waals surface area contributed by atoms with Crippen molar-refractivity contribution in [1.29, 1.82) is 0 Å². The lowest BCUT2D eigenvalue weighted by molar-refractivity contribution is 0.0696. The van der Waals surface area contributed by atoms with E-state index in [-0.39, 0.29) is 0 Å². The van der Waals surface area contributed by atoms with E-state index in [2.05, 4.69) is 4.90 Å². The van der Waals surface area contributed by atoms with Crippen LogP contribution >= 0.6 is 0 Å². The molecule has 0 atom stereocenters. The minimum atomic E-state index is -0.905. The van der Waals surface area contributed by atoms with Crippen LogP contribution in [0.1, 0.15) is 15.9 Å². The highest BCUT2D eigenvalue weighted by molar-refractivity contribution is 5.87. The van der Waals surface area contributed by atoms with Crippen molar-refractivity contribution in [1.82, 2.24) is 4.90 Å². The summed E-state index contributed by atoms with van der Waals surface area (Å²) in [7, 11) is 3.61. The molecule has 2 aromatic carbocycles. The topological polar surface area (TPSA) is 59.0 Å². The van der Waals surface area contributed by atoms with Crippen LogP contribution in [0, 0.1) is 0 Å². The maximum atomic E-state index is 11.0. The van der Waals surface area contributed by atoms with Crippen molar-refractivity contribution in [3.63, 3.8) is 0 Å². The van der Waals surface area contributed by atoms with E-state index in [4.69, 9.17) is 14.6 Å². The van der Waals surface area contributed by atoms with Gasteiger partial charge in [0, 0.05) is 13.1 Å². The number of hydrogen-bond donors (Lipinski definition) is 1. The molecule has 5 nitrogen and oxygen atoms in total. The van der Waals surface area contributed by atoms with Gasteiger partial charge in [-0.3, -0.25) is 4.90 Å². The summed E-state index contributed by atoms with van der Waals surface area (Å²) >= 11 is 0. The summed E-state index contributed by atoms with van der Waals surface area (Å²) in [5.41, 5.74) is 1.28. The molecule has 23 heavy (non-hydrogen) atoms. The van der Waals surface area contributed by atoms with Crippen LogP contribution in [0.15, 0.2) is 48.5 Å². The molecule has 0 saturated heterocycles. The monoisotopic (exact) mass is 315 g/mol. The van der Waals surface area contributed by atoms with E-state index in [1.165, 1.54) is 0 Å². The van der Waals surface area contributed by atoms with Crippen molar-refractivity contribution >= 4 is 5.97 Å². The Hall–Kier alpha value is -2.53. The summed E-state index contributed by atoms with van der Waals surface area (Å²) in [5, 5.41) is 9.01. The van der Waals surface area contributed by atoms with E-state index >= 15 is 0 Å².